The van der Waals surface area contributed by atoms with E-state index in [4.69, 9.17) is 4.74 Å². The predicted octanol–water partition coefficient (Wildman–Crippen LogP) is 17.7. The summed E-state index contributed by atoms with van der Waals surface area (Å²) in [7, 11) is 0. The topological polar surface area (TPSA) is 95.9 Å². The van der Waals surface area contributed by atoms with Crippen LogP contribution >= 0.6 is 0 Å². The minimum Gasteiger partial charge on any atom is -0.466 e. The molecule has 0 saturated carbocycles. The Labute approximate surface area is 399 Å². The summed E-state index contributed by atoms with van der Waals surface area (Å²) < 4.78 is 5.48. The minimum atomic E-state index is -0.664. The normalized spacial score (nSPS) is 12.6. The molecule has 0 heterocycles. The Hall–Kier alpha value is -1.40. The van der Waals surface area contributed by atoms with Gasteiger partial charge in [0, 0.05) is 12.8 Å². The summed E-state index contributed by atoms with van der Waals surface area (Å²) in [4.78, 5) is 24.4. The first-order valence-electron chi connectivity index (χ1n) is 28.9. The molecule has 0 saturated heterocycles. The van der Waals surface area contributed by atoms with E-state index in [-0.39, 0.29) is 18.5 Å². The van der Waals surface area contributed by atoms with E-state index in [0.29, 0.717) is 25.9 Å². The van der Waals surface area contributed by atoms with Crippen LogP contribution in [0.1, 0.15) is 322 Å². The molecule has 0 bridgehead atoms. The summed E-state index contributed by atoms with van der Waals surface area (Å²) in [5.41, 5.74) is 0. The Morgan fingerprint density at radius 1 is 0.422 bits per heavy atom. The van der Waals surface area contributed by atoms with Crippen LogP contribution in [0.25, 0.3) is 0 Å². The average Bonchev–Trinajstić information content (AvgIpc) is 3.29. The molecule has 0 aliphatic carbocycles. The van der Waals surface area contributed by atoms with Gasteiger partial charge in [-0.3, -0.25) is 9.59 Å². The van der Waals surface area contributed by atoms with Crippen molar-refractivity contribution in [3.63, 3.8) is 0 Å². The third kappa shape index (κ3) is 50.0. The average molecular weight is 905 g/mol. The highest BCUT2D eigenvalue weighted by molar-refractivity contribution is 5.76. The van der Waals surface area contributed by atoms with E-state index in [9.17, 15) is 19.8 Å². The van der Waals surface area contributed by atoms with E-state index in [1.807, 2.05) is 0 Å². The quantitative estimate of drug-likeness (QED) is 0.0321. The van der Waals surface area contributed by atoms with Crippen molar-refractivity contribution >= 4 is 11.9 Å². The number of hydrogen-bond acceptors (Lipinski definition) is 5. The van der Waals surface area contributed by atoms with Crippen molar-refractivity contribution < 1.29 is 24.5 Å². The summed E-state index contributed by atoms with van der Waals surface area (Å²) in [6.07, 6.45) is 63.6. The van der Waals surface area contributed by atoms with Gasteiger partial charge in [-0.1, -0.05) is 270 Å². The van der Waals surface area contributed by atoms with Crippen molar-refractivity contribution in [2.24, 2.45) is 0 Å². The highest BCUT2D eigenvalue weighted by atomic mass is 16.5. The maximum absolute atomic E-state index is 12.4. The number of esters is 1. The minimum absolute atomic E-state index is 0.0143. The van der Waals surface area contributed by atoms with Gasteiger partial charge in [0.25, 0.3) is 0 Å². The molecular weight excluding hydrogens is 791 g/mol. The van der Waals surface area contributed by atoms with Gasteiger partial charge in [-0.2, -0.15) is 0 Å². The van der Waals surface area contributed by atoms with Crippen molar-refractivity contribution in [2.75, 3.05) is 13.2 Å². The number of rotatable bonds is 54. The summed E-state index contributed by atoms with van der Waals surface area (Å²) in [6.45, 7) is 4.95. The van der Waals surface area contributed by atoms with Crippen LogP contribution in [0.3, 0.4) is 0 Å². The number of carbonyl (C=O) groups excluding carboxylic acids is 2. The molecule has 0 aromatic carbocycles. The number of allylic oxidation sites excluding steroid dienone is 2. The molecule has 6 heteroatoms. The number of aliphatic hydroxyl groups excluding tert-OH is 2. The third-order valence-electron chi connectivity index (χ3n) is 13.6. The van der Waals surface area contributed by atoms with Gasteiger partial charge in [0.15, 0.2) is 0 Å². The van der Waals surface area contributed by atoms with Crippen molar-refractivity contribution in [3.8, 4) is 0 Å². The molecule has 0 aliphatic rings. The molecule has 64 heavy (non-hydrogen) atoms. The Balaban J connectivity index is 3.37. The van der Waals surface area contributed by atoms with Gasteiger partial charge in [-0.05, 0) is 51.4 Å². The number of amides is 1. The molecule has 0 aliphatic heterocycles. The molecule has 2 unspecified atom stereocenters. The van der Waals surface area contributed by atoms with Crippen molar-refractivity contribution in [1.29, 1.82) is 0 Å². The van der Waals surface area contributed by atoms with Crippen LogP contribution in [0.4, 0.5) is 0 Å². The first-order valence-corrected chi connectivity index (χ1v) is 28.9. The lowest BCUT2D eigenvalue weighted by molar-refractivity contribution is -0.143. The van der Waals surface area contributed by atoms with Crippen LogP contribution in [0.15, 0.2) is 12.2 Å². The Morgan fingerprint density at radius 3 is 1.11 bits per heavy atom. The number of aliphatic hydroxyl groups is 2. The smallest absolute Gasteiger partial charge is 0.305 e. The molecule has 0 radical (unpaired) electrons. The lowest BCUT2D eigenvalue weighted by Gasteiger charge is -2.22. The molecule has 6 nitrogen and oxygen atoms in total. The van der Waals surface area contributed by atoms with Crippen LogP contribution in [-0.4, -0.2) is 47.4 Å². The van der Waals surface area contributed by atoms with Crippen molar-refractivity contribution in [2.45, 2.75) is 334 Å². The van der Waals surface area contributed by atoms with Gasteiger partial charge in [0.1, 0.15) is 0 Å². The fourth-order valence-corrected chi connectivity index (χ4v) is 9.11. The van der Waals surface area contributed by atoms with Crippen LogP contribution in [0.2, 0.25) is 0 Å². The van der Waals surface area contributed by atoms with Crippen LogP contribution in [0, 0.1) is 0 Å². The van der Waals surface area contributed by atoms with E-state index >= 15 is 0 Å². The Morgan fingerprint density at radius 2 is 0.734 bits per heavy atom. The second kappa shape index (κ2) is 54.2. The standard InChI is InChI=1S/C58H113NO5/c1-3-5-7-9-11-13-15-28-32-36-40-44-48-52-58(63)64-53-49-45-41-37-33-30-27-25-23-21-19-17-16-18-20-22-24-26-29-31-35-39-43-47-51-57(62)59-55(54-60)56(61)50-46-42-38-34-14-12-10-8-6-4-2/h18,20,55-56,60-61H,3-17,19,21-54H2,1-2H3,(H,59,62)/b20-18-. The zero-order valence-electron chi connectivity index (χ0n) is 43.3. The maximum Gasteiger partial charge on any atom is 0.305 e. The van der Waals surface area contributed by atoms with Gasteiger partial charge >= 0.3 is 5.97 Å². The van der Waals surface area contributed by atoms with Gasteiger partial charge in [0.2, 0.25) is 5.91 Å². The molecule has 0 fully saturated rings. The summed E-state index contributed by atoms with van der Waals surface area (Å²) in [5.74, 6) is -0.0259. The molecule has 380 valence electrons. The van der Waals surface area contributed by atoms with E-state index in [1.165, 1.54) is 250 Å². The summed E-state index contributed by atoms with van der Waals surface area (Å²) in [6, 6.07) is -0.542. The number of unbranched alkanes of at least 4 members (excludes halogenated alkanes) is 41. The van der Waals surface area contributed by atoms with Gasteiger partial charge < -0.3 is 20.3 Å². The fourth-order valence-electron chi connectivity index (χ4n) is 9.11. The van der Waals surface area contributed by atoms with Crippen LogP contribution < -0.4 is 5.32 Å². The number of hydrogen-bond donors (Lipinski definition) is 3. The van der Waals surface area contributed by atoms with E-state index in [2.05, 4.69) is 31.3 Å². The lowest BCUT2D eigenvalue weighted by atomic mass is 10.0. The molecular formula is C58H113NO5. The van der Waals surface area contributed by atoms with E-state index in [0.717, 1.165) is 38.5 Å². The molecule has 0 spiro atoms. The van der Waals surface area contributed by atoms with E-state index in [1.54, 1.807) is 0 Å². The third-order valence-corrected chi connectivity index (χ3v) is 13.6. The highest BCUT2D eigenvalue weighted by Crippen LogP contribution is 2.17. The maximum atomic E-state index is 12.4. The number of nitrogens with one attached hydrogen (secondary N) is 1. The predicted molar refractivity (Wildman–Crippen MR) is 278 cm³/mol. The number of carbonyl (C=O) groups is 2. The Kier molecular flexibility index (Phi) is 53.0. The fraction of sp³-hybridized carbons (Fsp3) is 0.931. The largest absolute Gasteiger partial charge is 0.466 e. The zero-order chi connectivity index (χ0) is 46.5. The molecule has 1 amide bonds. The van der Waals surface area contributed by atoms with Crippen molar-refractivity contribution in [1.82, 2.24) is 5.32 Å². The second-order valence-corrected chi connectivity index (χ2v) is 20.0. The number of ether oxygens (including phenoxy) is 1. The first-order chi connectivity index (χ1) is 31.5. The highest BCUT2D eigenvalue weighted by Gasteiger charge is 2.20. The second-order valence-electron chi connectivity index (χ2n) is 20.0. The SMILES string of the molecule is CCCCCCCCCCCCCCCC(=O)OCCCCCCCCCCCCCC/C=C\CCCCCCCCCCC(=O)NC(CO)C(O)CCCCCCCCCCCC. The van der Waals surface area contributed by atoms with E-state index < -0.39 is 12.1 Å². The zero-order valence-corrected chi connectivity index (χ0v) is 43.3. The summed E-state index contributed by atoms with van der Waals surface area (Å²) >= 11 is 0. The molecule has 3 N–H and O–H groups in total. The molecule has 0 rings (SSSR count). The van der Waals surface area contributed by atoms with Gasteiger partial charge in [-0.25, -0.2) is 0 Å². The molecule has 0 aromatic heterocycles. The van der Waals surface area contributed by atoms with Crippen molar-refractivity contribution in [3.05, 3.63) is 12.2 Å². The molecule has 2 atom stereocenters. The molecule has 0 aromatic rings. The van der Waals surface area contributed by atoms with Crippen LogP contribution in [0.5, 0.6) is 0 Å². The summed E-state index contributed by atoms with van der Waals surface area (Å²) in [5, 5.41) is 23.1. The first kappa shape index (κ1) is 62.6. The lowest BCUT2D eigenvalue weighted by Crippen LogP contribution is -2.45. The van der Waals surface area contributed by atoms with Gasteiger partial charge in [-0.15, -0.1) is 0 Å². The van der Waals surface area contributed by atoms with Crippen LogP contribution in [-0.2, 0) is 14.3 Å². The monoisotopic (exact) mass is 904 g/mol. The Bertz CT molecular complexity index is 955. The van der Waals surface area contributed by atoms with Gasteiger partial charge in [0.05, 0.1) is 25.4 Å².